The van der Waals surface area contributed by atoms with E-state index in [-0.39, 0.29) is 19.2 Å². The van der Waals surface area contributed by atoms with Crippen LogP contribution in [0.3, 0.4) is 0 Å². The molecule has 0 radical (unpaired) electrons. The Morgan fingerprint density at radius 2 is 1.22 bits per heavy atom. The van der Waals surface area contributed by atoms with Crippen molar-refractivity contribution in [3.05, 3.63) is 60.8 Å². The molecule has 0 bridgehead atoms. The Balaban J connectivity index is 3.60. The third-order valence-electron chi connectivity index (χ3n) is 5.86. The van der Waals surface area contributed by atoms with Crippen LogP contribution in [0.4, 0.5) is 0 Å². The van der Waals surface area contributed by atoms with Crippen LogP contribution in [0.2, 0.25) is 0 Å². The van der Waals surface area contributed by atoms with Gasteiger partial charge in [-0.3, -0.25) is 4.79 Å². The van der Waals surface area contributed by atoms with Crippen molar-refractivity contribution in [1.82, 2.24) is 0 Å². The van der Waals surface area contributed by atoms with Gasteiger partial charge in [0.15, 0.2) is 0 Å². The summed E-state index contributed by atoms with van der Waals surface area (Å²) in [5.41, 5.74) is 0. The van der Waals surface area contributed by atoms with Crippen LogP contribution >= 0.6 is 0 Å². The zero-order valence-corrected chi connectivity index (χ0v) is 24.0. The van der Waals surface area contributed by atoms with Crippen LogP contribution in [0.25, 0.3) is 0 Å². The quantitative estimate of drug-likeness (QED) is 0.0708. The van der Waals surface area contributed by atoms with Gasteiger partial charge in [-0.05, 0) is 57.8 Å². The lowest BCUT2D eigenvalue weighted by atomic mass is 10.1. The van der Waals surface area contributed by atoms with Crippen LogP contribution in [0, 0.1) is 0 Å². The van der Waals surface area contributed by atoms with Crippen LogP contribution in [0.5, 0.6) is 0 Å². The fourth-order valence-electron chi connectivity index (χ4n) is 3.64. The van der Waals surface area contributed by atoms with E-state index in [2.05, 4.69) is 74.6 Å². The second-order valence-electron chi connectivity index (χ2n) is 9.44. The number of ether oxygens (including phenoxy) is 2. The third-order valence-corrected chi connectivity index (χ3v) is 5.86. The van der Waals surface area contributed by atoms with Crippen LogP contribution in [-0.2, 0) is 14.3 Å². The number of carbonyl (C=O) groups excluding carboxylic acids is 1. The molecule has 1 atom stereocenters. The van der Waals surface area contributed by atoms with Gasteiger partial charge in [-0.2, -0.15) is 0 Å². The van der Waals surface area contributed by atoms with Gasteiger partial charge in [-0.1, -0.05) is 113 Å². The molecular formula is C33H56O4. The number of allylic oxidation sites excluding steroid dienone is 10. The van der Waals surface area contributed by atoms with E-state index < -0.39 is 6.10 Å². The third kappa shape index (κ3) is 28.5. The molecular weight excluding hydrogens is 460 g/mol. The number of unbranched alkanes of at least 4 members (excludes halogenated alkanes) is 8. The summed E-state index contributed by atoms with van der Waals surface area (Å²) >= 11 is 0. The van der Waals surface area contributed by atoms with E-state index in [1.54, 1.807) is 0 Å². The molecule has 0 spiro atoms. The zero-order chi connectivity index (χ0) is 27.1. The van der Waals surface area contributed by atoms with Crippen molar-refractivity contribution in [3.8, 4) is 0 Å². The minimum Gasteiger partial charge on any atom is -0.457 e. The first-order valence-electron chi connectivity index (χ1n) is 14.9. The minimum absolute atomic E-state index is 0.192. The maximum atomic E-state index is 11.9. The van der Waals surface area contributed by atoms with Gasteiger partial charge in [0, 0.05) is 13.0 Å². The molecule has 0 rings (SSSR count). The summed E-state index contributed by atoms with van der Waals surface area (Å²) in [6.45, 7) is 5.06. The Morgan fingerprint density at radius 1 is 0.676 bits per heavy atom. The van der Waals surface area contributed by atoms with Gasteiger partial charge in [-0.15, -0.1) is 0 Å². The molecule has 0 aliphatic rings. The van der Waals surface area contributed by atoms with Crippen LogP contribution in [-0.4, -0.2) is 37.0 Å². The first kappa shape index (κ1) is 35.1. The van der Waals surface area contributed by atoms with Crippen LogP contribution < -0.4 is 0 Å². The molecule has 0 aromatic heterocycles. The SMILES string of the molecule is CC/C=C\C/C=C\C/C=C\C/C=C\C/C=C\CCCCOCC(CO)OC(=O)CCCCCCCCC. The van der Waals surface area contributed by atoms with E-state index in [1.165, 1.54) is 32.1 Å². The normalized spacial score (nSPS) is 13.3. The molecule has 4 heteroatoms. The van der Waals surface area contributed by atoms with Gasteiger partial charge in [0.1, 0.15) is 6.10 Å². The summed E-state index contributed by atoms with van der Waals surface area (Å²) < 4.78 is 11.0. The average Bonchev–Trinajstić information content (AvgIpc) is 2.90. The monoisotopic (exact) mass is 516 g/mol. The van der Waals surface area contributed by atoms with Crippen LogP contribution in [0.15, 0.2) is 60.8 Å². The Hall–Kier alpha value is -1.91. The van der Waals surface area contributed by atoms with Crippen molar-refractivity contribution in [2.24, 2.45) is 0 Å². The highest BCUT2D eigenvalue weighted by atomic mass is 16.6. The molecule has 37 heavy (non-hydrogen) atoms. The second kappa shape index (κ2) is 30.3. The predicted octanol–water partition coefficient (Wildman–Crippen LogP) is 8.97. The molecule has 0 aliphatic heterocycles. The Morgan fingerprint density at radius 3 is 1.78 bits per heavy atom. The average molecular weight is 517 g/mol. The summed E-state index contributed by atoms with van der Waals surface area (Å²) in [7, 11) is 0. The van der Waals surface area contributed by atoms with Gasteiger partial charge in [0.2, 0.25) is 0 Å². The zero-order valence-electron chi connectivity index (χ0n) is 24.0. The highest BCUT2D eigenvalue weighted by Gasteiger charge is 2.13. The minimum atomic E-state index is -0.553. The van der Waals surface area contributed by atoms with Crippen molar-refractivity contribution in [2.75, 3.05) is 19.8 Å². The number of rotatable bonds is 26. The highest BCUT2D eigenvalue weighted by Crippen LogP contribution is 2.09. The summed E-state index contributed by atoms with van der Waals surface area (Å²) in [6.07, 6.45) is 38.3. The van der Waals surface area contributed by atoms with E-state index in [1.807, 2.05) is 0 Å². The summed E-state index contributed by atoms with van der Waals surface area (Å²) in [4.78, 5) is 11.9. The van der Waals surface area contributed by atoms with Gasteiger partial charge in [0.25, 0.3) is 0 Å². The van der Waals surface area contributed by atoms with Crippen molar-refractivity contribution < 1.29 is 19.4 Å². The number of aliphatic hydroxyl groups excluding tert-OH is 1. The fourth-order valence-corrected chi connectivity index (χ4v) is 3.64. The molecule has 0 aliphatic carbocycles. The van der Waals surface area contributed by atoms with Gasteiger partial charge >= 0.3 is 5.97 Å². The molecule has 0 heterocycles. The van der Waals surface area contributed by atoms with Crippen molar-refractivity contribution >= 4 is 5.97 Å². The topological polar surface area (TPSA) is 55.8 Å². The molecule has 4 nitrogen and oxygen atoms in total. The Labute approximate surface area is 228 Å². The molecule has 212 valence electrons. The lowest BCUT2D eigenvalue weighted by Gasteiger charge is -2.15. The molecule has 0 saturated carbocycles. The van der Waals surface area contributed by atoms with Crippen molar-refractivity contribution in [3.63, 3.8) is 0 Å². The first-order valence-corrected chi connectivity index (χ1v) is 14.9. The number of hydrogen-bond donors (Lipinski definition) is 1. The molecule has 0 aromatic rings. The maximum Gasteiger partial charge on any atom is 0.306 e. The second-order valence-corrected chi connectivity index (χ2v) is 9.44. The molecule has 0 saturated heterocycles. The number of aliphatic hydroxyl groups is 1. The lowest BCUT2D eigenvalue weighted by molar-refractivity contribution is -0.154. The van der Waals surface area contributed by atoms with Crippen molar-refractivity contribution in [2.45, 2.75) is 123 Å². The predicted molar refractivity (Wildman–Crippen MR) is 159 cm³/mol. The molecule has 0 aromatic carbocycles. The highest BCUT2D eigenvalue weighted by molar-refractivity contribution is 5.69. The Kier molecular flexibility index (Phi) is 28.7. The molecule has 1 unspecified atom stereocenters. The molecule has 1 N–H and O–H groups in total. The standard InChI is InChI=1S/C33H56O4/c1-3-5-7-9-11-12-13-14-15-16-17-18-19-20-21-23-25-27-29-36-31-32(30-34)37-33(35)28-26-24-22-10-8-6-4-2/h5,7,11-12,14-15,17-18,20-21,32,34H,3-4,6,8-10,13,16,19,22-31H2,1-2H3/b7-5-,12-11-,15-14-,18-17-,21-20-. The lowest BCUT2D eigenvalue weighted by Crippen LogP contribution is -2.27. The van der Waals surface area contributed by atoms with E-state index in [4.69, 9.17) is 9.47 Å². The van der Waals surface area contributed by atoms with E-state index >= 15 is 0 Å². The number of carbonyl (C=O) groups is 1. The van der Waals surface area contributed by atoms with Gasteiger partial charge in [-0.25, -0.2) is 0 Å². The van der Waals surface area contributed by atoms with E-state index in [9.17, 15) is 9.90 Å². The van der Waals surface area contributed by atoms with Crippen LogP contribution in [0.1, 0.15) is 117 Å². The molecule has 0 amide bonds. The summed E-state index contributed by atoms with van der Waals surface area (Å²) in [5, 5.41) is 9.45. The largest absolute Gasteiger partial charge is 0.457 e. The summed E-state index contributed by atoms with van der Waals surface area (Å²) in [5.74, 6) is -0.227. The fraction of sp³-hybridized carbons (Fsp3) is 0.667. The number of hydrogen-bond acceptors (Lipinski definition) is 4. The summed E-state index contributed by atoms with van der Waals surface area (Å²) in [6, 6.07) is 0. The van der Waals surface area contributed by atoms with Crippen molar-refractivity contribution in [1.29, 1.82) is 0 Å². The Bertz CT molecular complexity index is 630. The smallest absolute Gasteiger partial charge is 0.306 e. The van der Waals surface area contributed by atoms with Gasteiger partial charge in [0.05, 0.1) is 13.2 Å². The maximum absolute atomic E-state index is 11.9. The van der Waals surface area contributed by atoms with Gasteiger partial charge < -0.3 is 14.6 Å². The van der Waals surface area contributed by atoms with E-state index in [0.29, 0.717) is 13.0 Å². The number of esters is 1. The molecule has 0 fully saturated rings. The van der Waals surface area contributed by atoms with E-state index in [0.717, 1.165) is 64.2 Å². The first-order chi connectivity index (χ1) is 18.2.